The number of hydrogen-bond acceptors (Lipinski definition) is 12. The summed E-state index contributed by atoms with van der Waals surface area (Å²) >= 11 is 0. The quantitative estimate of drug-likeness (QED) is 0.0339. The van der Waals surface area contributed by atoms with Crippen LogP contribution in [0.4, 0.5) is 0 Å². The highest BCUT2D eigenvalue weighted by molar-refractivity contribution is 5.94. The standard InChI is InChI=1S/C107H112N12O12/c1-73(81-37-17-9-18-38-81)110(65-95(108)120)99(124)69-114(77(5)85-45-25-13-26-46-85)103(128)71-116(79(7)87-49-29-15-30-50-87)101(126)67-112(75(3)83-41-21-11-22-42-83)97(122)59-35-55-91-63-61-89-53-33-57-93-105(89)118(91)107(130-93)119-92(64-62-90-54-34-58-94(131-107)106(90)119)56-36-60-98(123)113(76(4)84-43-23-12-24-44-84)68-102(127)117(80(8)88-51-31-16-32-52-88)72-104(129)115(78(6)86-47-27-14-28-48-86)70-100(125)111(66-96(109)121)74(2)82-39-19-10-20-40-82/h9-34,37-54,57-58,61-64,73-80H,35-36,55-56,59-60,65-72H2,1-8H3,(H2-2,108,109,120,121)/p+2/t73-,74-,75+,76+,77+,78+,79-,80-,107?/m1/s1. The van der Waals surface area contributed by atoms with Gasteiger partial charge >= 0.3 is 6.03 Å². The van der Waals surface area contributed by atoms with Gasteiger partial charge in [0.15, 0.2) is 11.4 Å². The molecule has 1 spiro atoms. The van der Waals surface area contributed by atoms with Crippen molar-refractivity contribution in [3.05, 3.63) is 359 Å². The molecule has 2 aromatic heterocycles. The lowest BCUT2D eigenvalue weighted by atomic mass is 10.0. The van der Waals surface area contributed by atoms with Crippen LogP contribution in [0.1, 0.15) is 185 Å². The van der Waals surface area contributed by atoms with E-state index in [1.54, 1.807) is 23.6 Å². The maximum atomic E-state index is 15.8. The minimum Gasteiger partial charge on any atom is -0.368 e. The van der Waals surface area contributed by atoms with E-state index in [4.69, 9.17) is 20.9 Å². The van der Waals surface area contributed by atoms with Crippen LogP contribution < -0.4 is 30.1 Å². The number of primary amides is 2. The number of aromatic nitrogens is 2. The minimum atomic E-state index is -1.71. The second-order valence-corrected chi connectivity index (χ2v) is 34.0. The average molecular weight is 1760 g/mol. The molecule has 10 aromatic carbocycles. The number of rotatable bonds is 40. The summed E-state index contributed by atoms with van der Waals surface area (Å²) in [5.41, 5.74) is 20.6. The summed E-state index contributed by atoms with van der Waals surface area (Å²) in [5, 5.41) is 1.71. The van der Waals surface area contributed by atoms with Crippen molar-refractivity contribution < 1.29 is 66.6 Å². The van der Waals surface area contributed by atoms with Gasteiger partial charge in [-0.25, -0.2) is 0 Å². The molecule has 4 heterocycles. The first kappa shape index (κ1) is 92.5. The normalized spacial score (nSPS) is 13.9. The van der Waals surface area contributed by atoms with Crippen LogP contribution in [-0.2, 0) is 66.8 Å². The van der Waals surface area contributed by atoms with Gasteiger partial charge in [-0.1, -0.05) is 255 Å². The van der Waals surface area contributed by atoms with Crippen LogP contribution in [-0.4, -0.2) is 151 Å². The molecule has 0 saturated heterocycles. The highest BCUT2D eigenvalue weighted by atomic mass is 16.8. The topological polar surface area (TPSA) is 275 Å². The number of nitrogens with two attached hydrogens (primary N) is 2. The maximum Gasteiger partial charge on any atom is 0.716 e. The molecule has 672 valence electrons. The largest absolute Gasteiger partial charge is 0.716 e. The Hall–Kier alpha value is -14.7. The van der Waals surface area contributed by atoms with E-state index in [9.17, 15) is 19.2 Å². The lowest BCUT2D eigenvalue weighted by molar-refractivity contribution is -1.04. The number of amides is 10. The number of hydrogen-bond donors (Lipinski definition) is 2. The molecule has 14 rings (SSSR count). The van der Waals surface area contributed by atoms with Gasteiger partial charge in [0, 0.05) is 37.8 Å². The van der Waals surface area contributed by atoms with E-state index in [0.717, 1.165) is 77.7 Å². The fourth-order valence-electron chi connectivity index (χ4n) is 18.1. The van der Waals surface area contributed by atoms with E-state index in [-0.39, 0.29) is 37.5 Å². The second-order valence-electron chi connectivity index (χ2n) is 34.0. The number of nitrogens with zero attached hydrogens (tertiary/aromatic N) is 10. The maximum absolute atomic E-state index is 15.8. The van der Waals surface area contributed by atoms with Crippen LogP contribution >= 0.6 is 0 Å². The first-order valence-electron chi connectivity index (χ1n) is 44.9. The molecule has 4 N–H and O–H groups in total. The molecule has 12 aromatic rings. The van der Waals surface area contributed by atoms with E-state index in [1.165, 1.54) is 29.4 Å². The van der Waals surface area contributed by atoms with Crippen LogP contribution in [0.5, 0.6) is 11.5 Å². The minimum absolute atomic E-state index is 0.0282. The van der Waals surface area contributed by atoms with Crippen molar-refractivity contribution >= 4 is 80.9 Å². The highest BCUT2D eigenvalue weighted by Crippen LogP contribution is 2.42. The van der Waals surface area contributed by atoms with Gasteiger partial charge in [0.1, 0.15) is 39.3 Å². The number of carbonyl (C=O) groups excluding carboxylic acids is 10. The Morgan fingerprint density at radius 2 is 0.450 bits per heavy atom. The summed E-state index contributed by atoms with van der Waals surface area (Å²) in [6, 6.07) is 87.3. The molecule has 0 saturated carbocycles. The predicted molar refractivity (Wildman–Crippen MR) is 500 cm³/mol. The Kier molecular flexibility index (Phi) is 29.7. The third-order valence-corrected chi connectivity index (χ3v) is 25.7. The van der Waals surface area contributed by atoms with Crippen molar-refractivity contribution in [2.45, 2.75) is 148 Å². The predicted octanol–water partition coefficient (Wildman–Crippen LogP) is 14.8. The molecule has 2 aliphatic rings. The van der Waals surface area contributed by atoms with Gasteiger partial charge < -0.3 is 60.1 Å². The van der Waals surface area contributed by atoms with E-state index in [1.807, 2.05) is 345 Å². The van der Waals surface area contributed by atoms with E-state index >= 15 is 28.8 Å². The highest BCUT2D eigenvalue weighted by Gasteiger charge is 2.70. The van der Waals surface area contributed by atoms with Crippen molar-refractivity contribution in [2.24, 2.45) is 11.5 Å². The summed E-state index contributed by atoms with van der Waals surface area (Å²) in [6.45, 7) is 11.1. The fourth-order valence-corrected chi connectivity index (χ4v) is 18.1. The number of ether oxygens (including phenoxy) is 2. The van der Waals surface area contributed by atoms with Gasteiger partial charge in [-0.05, 0) is 158 Å². The zero-order valence-electron chi connectivity index (χ0n) is 75.4. The molecule has 131 heavy (non-hydrogen) atoms. The Balaban J connectivity index is 0.731. The Bertz CT molecular complexity index is 5700. The lowest BCUT2D eigenvalue weighted by Crippen LogP contribution is -2.77. The first-order chi connectivity index (χ1) is 63.3. The molecule has 0 fully saturated rings. The Morgan fingerprint density at radius 1 is 0.252 bits per heavy atom. The number of benzene rings is 10. The van der Waals surface area contributed by atoms with Gasteiger partial charge in [0.25, 0.3) is 11.0 Å². The van der Waals surface area contributed by atoms with Gasteiger partial charge in [0.2, 0.25) is 70.6 Å². The Morgan fingerprint density at radius 3 is 0.656 bits per heavy atom. The molecule has 0 bridgehead atoms. The number of para-hydroxylation sites is 2. The molecule has 2 aliphatic heterocycles. The third kappa shape index (κ3) is 21.0. The van der Waals surface area contributed by atoms with Crippen LogP contribution in [0.25, 0.3) is 21.8 Å². The molecule has 0 aliphatic carbocycles. The summed E-state index contributed by atoms with van der Waals surface area (Å²) in [4.78, 5) is 161. The molecule has 10 amide bonds. The number of carbonyl (C=O) groups is 10. The molecular weight excluding hydrogens is 1650 g/mol. The van der Waals surface area contributed by atoms with Gasteiger partial charge in [-0.15, -0.1) is 0 Å². The fraction of sp³-hybridized carbons (Fsp3) is 0.290. The van der Waals surface area contributed by atoms with Crippen molar-refractivity contribution in [1.29, 1.82) is 0 Å². The molecular formula is C107H114N12O12+2. The zero-order valence-corrected chi connectivity index (χ0v) is 75.4. The van der Waals surface area contributed by atoms with Crippen molar-refractivity contribution in [1.82, 2.24) is 39.2 Å². The number of aryl methyl sites for hydroxylation is 2. The van der Waals surface area contributed by atoms with Crippen molar-refractivity contribution in [3.63, 3.8) is 0 Å². The molecule has 0 radical (unpaired) electrons. The summed E-state index contributed by atoms with van der Waals surface area (Å²) < 4.78 is 18.7. The van der Waals surface area contributed by atoms with Crippen LogP contribution in [0.15, 0.2) is 303 Å². The summed E-state index contributed by atoms with van der Waals surface area (Å²) in [6.07, 6.45) is 1.13. The van der Waals surface area contributed by atoms with Gasteiger partial charge in [-0.3, -0.25) is 47.9 Å². The molecule has 8 atom stereocenters. The van der Waals surface area contributed by atoms with Crippen molar-refractivity contribution in [3.8, 4) is 11.5 Å². The molecule has 24 nitrogen and oxygen atoms in total. The smallest absolute Gasteiger partial charge is 0.368 e. The Labute approximate surface area is 765 Å². The lowest BCUT2D eigenvalue weighted by Gasteiger charge is -2.37. The monoisotopic (exact) mass is 1760 g/mol. The second kappa shape index (κ2) is 42.0. The molecule has 0 unspecified atom stereocenters. The van der Waals surface area contributed by atoms with Gasteiger partial charge in [0.05, 0.1) is 72.2 Å². The zero-order chi connectivity index (χ0) is 92.6. The molecule has 24 heteroatoms. The summed E-state index contributed by atoms with van der Waals surface area (Å²) in [7, 11) is 0. The van der Waals surface area contributed by atoms with E-state index in [0.29, 0.717) is 24.3 Å². The van der Waals surface area contributed by atoms with Crippen molar-refractivity contribution in [2.75, 3.05) is 52.4 Å². The van der Waals surface area contributed by atoms with E-state index in [2.05, 4.69) is 9.13 Å². The van der Waals surface area contributed by atoms with E-state index < -0.39 is 154 Å². The van der Waals surface area contributed by atoms with Crippen LogP contribution in [0.3, 0.4) is 0 Å². The number of pyridine rings is 2. The first-order valence-corrected chi connectivity index (χ1v) is 44.9. The third-order valence-electron chi connectivity index (χ3n) is 25.7. The SMILES string of the molecule is C[C@H](c1ccccc1)N(CC(N)=O)C(=O)CN(C(=O)CN(C(=O)CN(C(=O)CCCc1ccc2cccc3c2[n+]1C1(O3)Oc2cccc3ccc(CCCC(=O)N(CC(=O)N(CC(=O)N(CC(=O)N(CC(N)=O)[C@H](C)c4ccccc4)[C@@H](C)c4ccccc4)[C@H](C)c4ccccc4)[C@@H](C)c4ccccc4)[n+]1c23)[C@@H](C)c1ccccc1)[C@H](C)c1ccccc1)[C@@H](C)c1ccccc1. The summed E-state index contributed by atoms with van der Waals surface area (Å²) in [5.74, 6) is -4.23. The number of fused-ring (bicyclic) bond motifs is 2. The van der Waals surface area contributed by atoms with Crippen LogP contribution in [0, 0.1) is 0 Å². The van der Waals surface area contributed by atoms with Crippen LogP contribution in [0.2, 0.25) is 0 Å². The average Bonchev–Trinajstić information content (AvgIpc) is 1.52. The van der Waals surface area contributed by atoms with Gasteiger partial charge in [-0.2, -0.15) is 0 Å².